The fourth-order valence-electron chi connectivity index (χ4n) is 2.65. The third-order valence-electron chi connectivity index (χ3n) is 3.44. The molecule has 4 heteroatoms. The van der Waals surface area contributed by atoms with Crippen molar-refractivity contribution in [2.75, 3.05) is 13.2 Å². The Morgan fingerprint density at radius 1 is 1.00 bits per heavy atom. The lowest BCUT2D eigenvalue weighted by Gasteiger charge is -2.28. The van der Waals surface area contributed by atoms with Gasteiger partial charge in [0.2, 0.25) is 0 Å². The molecule has 0 fully saturated rings. The number of aliphatic hydroxyl groups excluding tert-OH is 1. The second-order valence-corrected chi connectivity index (χ2v) is 4.85. The summed E-state index contributed by atoms with van der Waals surface area (Å²) in [6.07, 6.45) is 3.74. The van der Waals surface area contributed by atoms with Crippen LogP contribution in [0, 0.1) is 0 Å². The standard InChI is InChI=1S/C13H15ClO3/c14-11-9-4-2-5-16-12(9)10(7-15)8-3-1-6-17-13(8)11/h15H,1-7H2. The lowest BCUT2D eigenvalue weighted by Crippen LogP contribution is -2.17. The Kier molecular flexibility index (Phi) is 2.89. The Bertz CT molecular complexity index is 419. The van der Waals surface area contributed by atoms with Gasteiger partial charge in [0.15, 0.2) is 0 Å². The second-order valence-electron chi connectivity index (χ2n) is 4.47. The van der Waals surface area contributed by atoms with Gasteiger partial charge in [-0.05, 0) is 25.7 Å². The fourth-order valence-corrected chi connectivity index (χ4v) is 3.00. The summed E-state index contributed by atoms with van der Waals surface area (Å²) in [6.45, 7) is 1.40. The van der Waals surface area contributed by atoms with Crippen LogP contribution in [0.4, 0.5) is 0 Å². The molecule has 0 unspecified atom stereocenters. The summed E-state index contributed by atoms with van der Waals surface area (Å²) in [5, 5.41) is 10.2. The first kappa shape index (κ1) is 11.2. The van der Waals surface area contributed by atoms with E-state index >= 15 is 0 Å². The van der Waals surface area contributed by atoms with Crippen molar-refractivity contribution < 1.29 is 14.6 Å². The average Bonchev–Trinajstić information content (AvgIpc) is 2.40. The topological polar surface area (TPSA) is 38.7 Å². The zero-order chi connectivity index (χ0) is 11.8. The molecule has 0 spiro atoms. The molecule has 0 aliphatic carbocycles. The Balaban J connectivity index is 2.25. The van der Waals surface area contributed by atoms with E-state index < -0.39 is 0 Å². The minimum Gasteiger partial charge on any atom is -0.493 e. The van der Waals surface area contributed by atoms with Crippen molar-refractivity contribution in [2.24, 2.45) is 0 Å². The maximum absolute atomic E-state index is 9.56. The summed E-state index contributed by atoms with van der Waals surface area (Å²) in [4.78, 5) is 0. The SMILES string of the molecule is OCc1c2c(c(Cl)c3c1OCCC3)OCCC2. The van der Waals surface area contributed by atoms with Crippen LogP contribution in [0.5, 0.6) is 11.5 Å². The maximum Gasteiger partial charge on any atom is 0.141 e. The summed E-state index contributed by atoms with van der Waals surface area (Å²) < 4.78 is 11.4. The monoisotopic (exact) mass is 254 g/mol. The van der Waals surface area contributed by atoms with E-state index in [0.29, 0.717) is 18.2 Å². The highest BCUT2D eigenvalue weighted by molar-refractivity contribution is 6.33. The minimum absolute atomic E-state index is 0.00873. The third-order valence-corrected chi connectivity index (χ3v) is 3.84. The van der Waals surface area contributed by atoms with E-state index in [1.165, 1.54) is 0 Å². The molecule has 0 radical (unpaired) electrons. The molecule has 3 rings (SSSR count). The quantitative estimate of drug-likeness (QED) is 0.837. The summed E-state index contributed by atoms with van der Waals surface area (Å²) in [5.41, 5.74) is 2.91. The van der Waals surface area contributed by atoms with Gasteiger partial charge in [0.1, 0.15) is 11.5 Å². The molecule has 0 saturated heterocycles. The molecule has 0 bridgehead atoms. The van der Waals surface area contributed by atoms with Crippen molar-refractivity contribution in [2.45, 2.75) is 32.3 Å². The molecule has 2 aliphatic rings. The highest BCUT2D eigenvalue weighted by atomic mass is 35.5. The van der Waals surface area contributed by atoms with Gasteiger partial charge < -0.3 is 14.6 Å². The van der Waals surface area contributed by atoms with Crippen LogP contribution in [0.1, 0.15) is 29.5 Å². The van der Waals surface area contributed by atoms with E-state index in [1.54, 1.807) is 0 Å². The first-order chi connectivity index (χ1) is 8.33. The predicted octanol–water partition coefficient (Wildman–Crippen LogP) is 2.48. The fraction of sp³-hybridized carbons (Fsp3) is 0.538. The molecule has 2 heterocycles. The molecule has 17 heavy (non-hydrogen) atoms. The van der Waals surface area contributed by atoms with E-state index in [4.69, 9.17) is 21.1 Å². The molecule has 1 N–H and O–H groups in total. The minimum atomic E-state index is -0.00873. The summed E-state index contributed by atoms with van der Waals surface area (Å²) >= 11 is 6.39. The zero-order valence-electron chi connectivity index (χ0n) is 9.59. The highest BCUT2D eigenvalue weighted by Gasteiger charge is 2.27. The molecule has 0 aromatic heterocycles. The van der Waals surface area contributed by atoms with Crippen LogP contribution in [0.15, 0.2) is 0 Å². The van der Waals surface area contributed by atoms with Gasteiger partial charge in [-0.15, -0.1) is 0 Å². The van der Waals surface area contributed by atoms with Gasteiger partial charge >= 0.3 is 0 Å². The molecule has 1 aromatic carbocycles. The van der Waals surface area contributed by atoms with Gasteiger partial charge in [0.05, 0.1) is 24.8 Å². The highest BCUT2D eigenvalue weighted by Crippen LogP contribution is 2.46. The van der Waals surface area contributed by atoms with Crippen molar-refractivity contribution in [1.29, 1.82) is 0 Å². The van der Waals surface area contributed by atoms with E-state index in [-0.39, 0.29) is 6.61 Å². The predicted molar refractivity (Wildman–Crippen MR) is 65.0 cm³/mol. The van der Waals surface area contributed by atoms with Gasteiger partial charge in [0, 0.05) is 16.7 Å². The normalized spacial score (nSPS) is 17.8. The van der Waals surface area contributed by atoms with Crippen LogP contribution in [-0.2, 0) is 19.4 Å². The Hall–Kier alpha value is -0.930. The van der Waals surface area contributed by atoms with E-state index in [9.17, 15) is 5.11 Å². The first-order valence-electron chi connectivity index (χ1n) is 6.05. The van der Waals surface area contributed by atoms with Crippen molar-refractivity contribution >= 4 is 11.6 Å². The second kappa shape index (κ2) is 4.39. The Morgan fingerprint density at radius 3 is 2.35 bits per heavy atom. The largest absolute Gasteiger partial charge is 0.493 e. The number of ether oxygens (including phenoxy) is 2. The lowest BCUT2D eigenvalue weighted by atomic mass is 9.93. The molecule has 2 aliphatic heterocycles. The van der Waals surface area contributed by atoms with Gasteiger partial charge in [-0.1, -0.05) is 11.6 Å². The third kappa shape index (κ3) is 1.69. The van der Waals surface area contributed by atoms with Crippen molar-refractivity contribution in [3.63, 3.8) is 0 Å². The number of halogens is 1. The van der Waals surface area contributed by atoms with Crippen LogP contribution in [0.25, 0.3) is 0 Å². The number of benzene rings is 1. The summed E-state index contributed by atoms with van der Waals surface area (Å²) in [5.74, 6) is 1.57. The van der Waals surface area contributed by atoms with Gasteiger partial charge in [0.25, 0.3) is 0 Å². The molecule has 1 aromatic rings. The molecule has 0 atom stereocenters. The van der Waals surface area contributed by atoms with Crippen LogP contribution in [0.2, 0.25) is 5.02 Å². The molecule has 0 amide bonds. The summed E-state index contributed by atoms with van der Waals surface area (Å²) in [7, 11) is 0. The lowest BCUT2D eigenvalue weighted by molar-refractivity contribution is 0.240. The van der Waals surface area contributed by atoms with Crippen LogP contribution >= 0.6 is 11.6 Å². The van der Waals surface area contributed by atoms with Crippen molar-refractivity contribution in [3.05, 3.63) is 21.7 Å². The van der Waals surface area contributed by atoms with Crippen LogP contribution in [-0.4, -0.2) is 18.3 Å². The van der Waals surface area contributed by atoms with Crippen LogP contribution < -0.4 is 9.47 Å². The number of aliphatic hydroxyl groups is 1. The van der Waals surface area contributed by atoms with E-state index in [0.717, 1.165) is 53.9 Å². The van der Waals surface area contributed by atoms with Gasteiger partial charge in [-0.3, -0.25) is 0 Å². The van der Waals surface area contributed by atoms with Crippen molar-refractivity contribution in [3.8, 4) is 11.5 Å². The number of hydrogen-bond acceptors (Lipinski definition) is 3. The number of fused-ring (bicyclic) bond motifs is 2. The average molecular weight is 255 g/mol. The number of hydrogen-bond donors (Lipinski definition) is 1. The molecule has 92 valence electrons. The van der Waals surface area contributed by atoms with E-state index in [2.05, 4.69) is 0 Å². The Morgan fingerprint density at radius 2 is 1.65 bits per heavy atom. The maximum atomic E-state index is 9.56. The van der Waals surface area contributed by atoms with Gasteiger partial charge in [-0.25, -0.2) is 0 Å². The molecular weight excluding hydrogens is 240 g/mol. The number of rotatable bonds is 1. The van der Waals surface area contributed by atoms with Crippen LogP contribution in [0.3, 0.4) is 0 Å². The van der Waals surface area contributed by atoms with Crippen molar-refractivity contribution in [1.82, 2.24) is 0 Å². The van der Waals surface area contributed by atoms with Gasteiger partial charge in [-0.2, -0.15) is 0 Å². The molecule has 3 nitrogen and oxygen atoms in total. The smallest absolute Gasteiger partial charge is 0.141 e. The first-order valence-corrected chi connectivity index (χ1v) is 6.43. The molecule has 0 saturated carbocycles. The summed E-state index contributed by atoms with van der Waals surface area (Å²) in [6, 6.07) is 0. The van der Waals surface area contributed by atoms with E-state index in [1.807, 2.05) is 0 Å². The Labute approximate surface area is 105 Å². The zero-order valence-corrected chi connectivity index (χ0v) is 10.3. The molecular formula is C13H15ClO3.